The number of rotatable bonds is 6. The quantitative estimate of drug-likeness (QED) is 0.464. The molecule has 5 aliphatic rings. The molecule has 1 saturated carbocycles. The van der Waals surface area contributed by atoms with Crippen molar-refractivity contribution in [3.63, 3.8) is 0 Å². The maximum atomic E-state index is 12.5. The molecule has 1 spiro atoms. The SMILES string of the molecule is C[C@H]1[C@H](OC(=O)CCC(=O)NC(C)(C)CO)O[C@H]2O[C@]3(C)CC[C@H]4[C@H](C)CC[C@H]1[C@@]24OO3. The van der Waals surface area contributed by atoms with Crippen LogP contribution in [0.4, 0.5) is 0 Å². The number of nitrogens with one attached hydrogen (secondary N) is 1. The van der Waals surface area contributed by atoms with E-state index in [0.29, 0.717) is 12.3 Å². The Labute approximate surface area is 189 Å². The Kier molecular flexibility index (Phi) is 6.35. The van der Waals surface area contributed by atoms with Gasteiger partial charge in [-0.05, 0) is 51.9 Å². The number of hydrogen-bond acceptors (Lipinski definition) is 8. The molecule has 5 fully saturated rings. The number of aliphatic hydroxyl groups is 1. The summed E-state index contributed by atoms with van der Waals surface area (Å²) >= 11 is 0. The van der Waals surface area contributed by atoms with Crippen molar-refractivity contribution in [3.8, 4) is 0 Å². The third-order valence-electron chi connectivity index (χ3n) is 7.77. The molecule has 2 N–H and O–H groups in total. The van der Waals surface area contributed by atoms with Gasteiger partial charge in [-0.25, -0.2) is 9.78 Å². The lowest BCUT2D eigenvalue weighted by molar-refractivity contribution is -0.576. The molecular weight excluding hydrogens is 418 g/mol. The number of amides is 1. The van der Waals surface area contributed by atoms with Gasteiger partial charge in [0.1, 0.15) is 0 Å². The summed E-state index contributed by atoms with van der Waals surface area (Å²) in [4.78, 5) is 36.5. The molecule has 0 unspecified atom stereocenters. The Morgan fingerprint density at radius 2 is 1.88 bits per heavy atom. The average molecular weight is 456 g/mol. The van der Waals surface area contributed by atoms with Gasteiger partial charge in [-0.2, -0.15) is 0 Å². The van der Waals surface area contributed by atoms with Gasteiger partial charge >= 0.3 is 5.97 Å². The molecule has 4 heterocycles. The van der Waals surface area contributed by atoms with E-state index < -0.39 is 35.5 Å². The highest BCUT2D eigenvalue weighted by molar-refractivity contribution is 5.81. The van der Waals surface area contributed by atoms with Crippen LogP contribution in [0.1, 0.15) is 73.1 Å². The van der Waals surface area contributed by atoms with Crippen molar-refractivity contribution >= 4 is 11.9 Å². The highest BCUT2D eigenvalue weighted by Crippen LogP contribution is 2.60. The standard InChI is InChI=1S/C23H37NO8/c1-13-6-7-16-14(2)19(28-18(27)9-8-17(26)24-21(3,4)12-25)29-20-23(16)15(13)10-11-22(5,30-20)31-32-23/h13-16,19-20,25H,6-12H2,1-5H3,(H,24,26)/t13-,14-,15+,16-,19-,20+,22+,23-/m1/s1. The van der Waals surface area contributed by atoms with Crippen LogP contribution in [0, 0.1) is 23.7 Å². The maximum Gasteiger partial charge on any atom is 0.308 e. The van der Waals surface area contributed by atoms with Crippen molar-refractivity contribution in [1.29, 1.82) is 0 Å². The van der Waals surface area contributed by atoms with E-state index in [0.717, 1.165) is 19.3 Å². The minimum Gasteiger partial charge on any atom is -0.435 e. The molecule has 32 heavy (non-hydrogen) atoms. The molecule has 1 amide bonds. The zero-order chi connectivity index (χ0) is 23.3. The van der Waals surface area contributed by atoms with Gasteiger partial charge < -0.3 is 24.6 Å². The topological polar surface area (TPSA) is 113 Å². The number of hydrogen-bond donors (Lipinski definition) is 2. The molecule has 0 radical (unpaired) electrons. The molecule has 1 aliphatic carbocycles. The number of aliphatic hydroxyl groups excluding tert-OH is 1. The minimum atomic E-state index is -0.885. The summed E-state index contributed by atoms with van der Waals surface area (Å²) in [6, 6.07) is 0. The van der Waals surface area contributed by atoms with E-state index in [4.69, 9.17) is 24.0 Å². The first-order valence-corrected chi connectivity index (χ1v) is 11.8. The summed E-state index contributed by atoms with van der Waals surface area (Å²) in [5.41, 5.74) is -1.44. The van der Waals surface area contributed by atoms with Crippen LogP contribution in [-0.4, -0.2) is 53.1 Å². The van der Waals surface area contributed by atoms with Crippen molar-refractivity contribution < 1.29 is 38.7 Å². The third-order valence-corrected chi connectivity index (χ3v) is 7.77. The van der Waals surface area contributed by atoms with E-state index >= 15 is 0 Å². The summed E-state index contributed by atoms with van der Waals surface area (Å²) in [6.45, 7) is 9.34. The van der Waals surface area contributed by atoms with Crippen LogP contribution in [0.5, 0.6) is 0 Å². The largest absolute Gasteiger partial charge is 0.435 e. The fourth-order valence-corrected chi connectivity index (χ4v) is 5.89. The lowest BCUT2D eigenvalue weighted by atomic mass is 9.58. The van der Waals surface area contributed by atoms with Gasteiger partial charge in [0.15, 0.2) is 11.9 Å². The van der Waals surface area contributed by atoms with E-state index in [1.165, 1.54) is 0 Å². The Morgan fingerprint density at radius 3 is 2.59 bits per heavy atom. The smallest absolute Gasteiger partial charge is 0.308 e. The van der Waals surface area contributed by atoms with Crippen LogP contribution in [0.2, 0.25) is 0 Å². The number of esters is 1. The molecule has 4 aliphatic heterocycles. The second-order valence-corrected chi connectivity index (χ2v) is 10.9. The highest BCUT2D eigenvalue weighted by Gasteiger charge is 2.69. The molecule has 182 valence electrons. The van der Waals surface area contributed by atoms with Crippen molar-refractivity contribution in [2.24, 2.45) is 23.7 Å². The molecule has 0 aromatic rings. The van der Waals surface area contributed by atoms with Crippen molar-refractivity contribution in [3.05, 3.63) is 0 Å². The first kappa shape index (κ1) is 23.9. The molecular formula is C23H37NO8. The van der Waals surface area contributed by atoms with Crippen LogP contribution < -0.4 is 5.32 Å². The fraction of sp³-hybridized carbons (Fsp3) is 0.913. The van der Waals surface area contributed by atoms with Gasteiger partial charge in [0, 0.05) is 24.7 Å². The van der Waals surface area contributed by atoms with E-state index in [-0.39, 0.29) is 43.1 Å². The lowest BCUT2D eigenvalue weighted by Gasteiger charge is -2.59. The van der Waals surface area contributed by atoms with Gasteiger partial charge in [-0.1, -0.05) is 13.8 Å². The van der Waals surface area contributed by atoms with Crippen molar-refractivity contribution in [2.75, 3.05) is 6.61 Å². The van der Waals surface area contributed by atoms with E-state index in [1.807, 2.05) is 13.8 Å². The molecule has 4 saturated heterocycles. The van der Waals surface area contributed by atoms with Gasteiger partial charge in [0.25, 0.3) is 0 Å². The second kappa shape index (κ2) is 8.51. The second-order valence-electron chi connectivity index (χ2n) is 10.9. The van der Waals surface area contributed by atoms with Crippen LogP contribution in [-0.2, 0) is 33.6 Å². The number of ether oxygens (including phenoxy) is 3. The van der Waals surface area contributed by atoms with Crippen LogP contribution in [0.25, 0.3) is 0 Å². The van der Waals surface area contributed by atoms with Crippen molar-refractivity contribution in [2.45, 2.75) is 103 Å². The summed E-state index contributed by atoms with van der Waals surface area (Å²) < 4.78 is 18.2. The third kappa shape index (κ3) is 4.18. The zero-order valence-electron chi connectivity index (χ0n) is 19.7. The maximum absolute atomic E-state index is 12.5. The number of carbonyl (C=O) groups excluding carboxylic acids is 2. The molecule has 5 rings (SSSR count). The van der Waals surface area contributed by atoms with Gasteiger partial charge in [0.05, 0.1) is 18.6 Å². The van der Waals surface area contributed by atoms with Crippen LogP contribution in [0.15, 0.2) is 0 Å². The Morgan fingerprint density at radius 1 is 1.12 bits per heavy atom. The Hall–Kier alpha value is -1.26. The Balaban J connectivity index is 1.43. The van der Waals surface area contributed by atoms with Crippen LogP contribution in [0.3, 0.4) is 0 Å². The first-order valence-electron chi connectivity index (χ1n) is 11.8. The molecule has 0 aromatic carbocycles. The van der Waals surface area contributed by atoms with Gasteiger partial charge in [-0.15, -0.1) is 0 Å². The summed E-state index contributed by atoms with van der Waals surface area (Å²) in [5.74, 6) is -1.04. The monoisotopic (exact) mass is 455 g/mol. The normalized spacial score (nSPS) is 43.2. The predicted octanol–water partition coefficient (Wildman–Crippen LogP) is 2.40. The molecule has 9 nitrogen and oxygen atoms in total. The van der Waals surface area contributed by atoms with Crippen LogP contribution >= 0.6 is 0 Å². The number of fused-ring (bicyclic) bond motifs is 2. The molecule has 8 atom stereocenters. The molecule has 9 heteroatoms. The predicted molar refractivity (Wildman–Crippen MR) is 111 cm³/mol. The molecule has 2 bridgehead atoms. The fourth-order valence-electron chi connectivity index (χ4n) is 5.89. The minimum absolute atomic E-state index is 0.0225. The summed E-state index contributed by atoms with van der Waals surface area (Å²) in [7, 11) is 0. The Bertz CT molecular complexity index is 744. The first-order chi connectivity index (χ1) is 15.0. The zero-order valence-corrected chi connectivity index (χ0v) is 19.7. The van der Waals surface area contributed by atoms with E-state index in [2.05, 4.69) is 12.2 Å². The molecule has 0 aromatic heterocycles. The van der Waals surface area contributed by atoms with E-state index in [9.17, 15) is 14.7 Å². The lowest BCUT2D eigenvalue weighted by Crippen LogP contribution is -2.70. The highest BCUT2D eigenvalue weighted by atomic mass is 17.3. The van der Waals surface area contributed by atoms with Crippen molar-refractivity contribution in [1.82, 2.24) is 5.32 Å². The van der Waals surface area contributed by atoms with Gasteiger partial charge in [-0.3, -0.25) is 9.59 Å². The van der Waals surface area contributed by atoms with E-state index in [1.54, 1.807) is 13.8 Å². The average Bonchev–Trinajstić information content (AvgIpc) is 2.96. The summed E-state index contributed by atoms with van der Waals surface area (Å²) in [6.07, 6.45) is 2.08. The number of carbonyl (C=O) groups is 2. The van der Waals surface area contributed by atoms with Gasteiger partial charge in [0.2, 0.25) is 18.0 Å². The summed E-state index contributed by atoms with van der Waals surface area (Å²) in [5, 5.41) is 12.0.